The molecule has 0 aromatic rings. The molecule has 0 aromatic heterocycles. The van der Waals surface area contributed by atoms with Gasteiger partial charge in [0.05, 0.1) is 0 Å². The van der Waals surface area contributed by atoms with Crippen LogP contribution in [-0.4, -0.2) is 60.5 Å². The van der Waals surface area contributed by atoms with E-state index >= 15 is 0 Å². The number of nitrogens with one attached hydrogen (secondary N) is 1. The van der Waals surface area contributed by atoms with Crippen LogP contribution in [0.2, 0.25) is 0 Å². The van der Waals surface area contributed by atoms with E-state index in [4.69, 9.17) is 0 Å². The maximum absolute atomic E-state index is 12.7. The molecule has 3 aliphatic heterocycles. The minimum absolute atomic E-state index is 0.297. The molecule has 2 unspecified atom stereocenters. The SMILES string of the molecule is O=C(C1CCNCC1)N1CCC2C(CCCN2C2CC2)C1. The first-order valence-electron chi connectivity index (χ1n) is 9.08. The first-order valence-corrected chi connectivity index (χ1v) is 9.08. The standard InChI is InChI=1S/C17H29N3O/c21-17(13-5-8-18-9-6-13)19-11-7-16-14(12-19)2-1-10-20(16)15-3-4-15/h13-16,18H,1-12H2. The molecule has 4 heteroatoms. The zero-order valence-electron chi connectivity index (χ0n) is 13.1. The Labute approximate surface area is 128 Å². The average Bonchev–Trinajstić information content (AvgIpc) is 3.39. The summed E-state index contributed by atoms with van der Waals surface area (Å²) in [7, 11) is 0. The molecule has 0 spiro atoms. The van der Waals surface area contributed by atoms with Gasteiger partial charge in [-0.3, -0.25) is 9.69 Å². The van der Waals surface area contributed by atoms with Crippen LogP contribution in [-0.2, 0) is 4.79 Å². The van der Waals surface area contributed by atoms with Crippen molar-refractivity contribution in [3.05, 3.63) is 0 Å². The fourth-order valence-electron chi connectivity index (χ4n) is 4.83. The number of carbonyl (C=O) groups excluding carboxylic acids is 1. The number of nitrogens with zero attached hydrogens (tertiary/aromatic N) is 2. The molecule has 1 aliphatic carbocycles. The van der Waals surface area contributed by atoms with Gasteiger partial charge in [-0.05, 0) is 70.5 Å². The molecule has 4 rings (SSSR count). The summed E-state index contributed by atoms with van der Waals surface area (Å²) in [5.41, 5.74) is 0. The molecule has 1 amide bonds. The highest BCUT2D eigenvalue weighted by molar-refractivity contribution is 5.79. The average molecular weight is 291 g/mol. The zero-order valence-corrected chi connectivity index (χ0v) is 13.1. The van der Waals surface area contributed by atoms with E-state index in [0.29, 0.717) is 11.8 Å². The second-order valence-electron chi connectivity index (χ2n) is 7.54. The Morgan fingerprint density at radius 3 is 2.52 bits per heavy atom. The van der Waals surface area contributed by atoms with Gasteiger partial charge in [-0.25, -0.2) is 0 Å². The van der Waals surface area contributed by atoms with Crippen molar-refractivity contribution >= 4 is 5.91 Å². The molecule has 4 nitrogen and oxygen atoms in total. The van der Waals surface area contributed by atoms with Crippen LogP contribution in [0.3, 0.4) is 0 Å². The van der Waals surface area contributed by atoms with E-state index in [9.17, 15) is 4.79 Å². The summed E-state index contributed by atoms with van der Waals surface area (Å²) in [5.74, 6) is 1.50. The second-order valence-corrected chi connectivity index (χ2v) is 7.54. The lowest BCUT2D eigenvalue weighted by atomic mass is 9.83. The number of hydrogen-bond donors (Lipinski definition) is 1. The lowest BCUT2D eigenvalue weighted by molar-refractivity contribution is -0.140. The van der Waals surface area contributed by atoms with Crippen molar-refractivity contribution in [1.29, 1.82) is 0 Å². The number of likely N-dealkylation sites (tertiary alicyclic amines) is 2. The Balaban J connectivity index is 1.38. The van der Waals surface area contributed by atoms with Crippen LogP contribution in [0.5, 0.6) is 0 Å². The second kappa shape index (κ2) is 5.88. The van der Waals surface area contributed by atoms with Gasteiger partial charge in [0.25, 0.3) is 0 Å². The van der Waals surface area contributed by atoms with Gasteiger partial charge in [-0.1, -0.05) is 0 Å². The van der Waals surface area contributed by atoms with Crippen molar-refractivity contribution in [2.24, 2.45) is 11.8 Å². The summed E-state index contributed by atoms with van der Waals surface area (Å²) in [6.45, 7) is 5.40. The summed E-state index contributed by atoms with van der Waals surface area (Å²) in [6, 6.07) is 1.67. The van der Waals surface area contributed by atoms with Crippen LogP contribution < -0.4 is 5.32 Å². The van der Waals surface area contributed by atoms with Gasteiger partial charge in [0.1, 0.15) is 0 Å². The number of hydrogen-bond acceptors (Lipinski definition) is 3. The van der Waals surface area contributed by atoms with E-state index < -0.39 is 0 Å². The molecule has 0 aromatic carbocycles. The van der Waals surface area contributed by atoms with E-state index in [0.717, 1.165) is 57.0 Å². The van der Waals surface area contributed by atoms with Gasteiger partial charge in [0, 0.05) is 31.1 Å². The van der Waals surface area contributed by atoms with Crippen molar-refractivity contribution in [1.82, 2.24) is 15.1 Å². The summed E-state index contributed by atoms with van der Waals surface area (Å²) < 4.78 is 0. The van der Waals surface area contributed by atoms with Crippen molar-refractivity contribution in [3.63, 3.8) is 0 Å². The normalized spacial score (nSPS) is 35.5. The Bertz CT molecular complexity index is 389. The molecule has 118 valence electrons. The summed E-state index contributed by atoms with van der Waals surface area (Å²) >= 11 is 0. The number of fused-ring (bicyclic) bond motifs is 1. The largest absolute Gasteiger partial charge is 0.342 e. The van der Waals surface area contributed by atoms with Crippen LogP contribution in [0.25, 0.3) is 0 Å². The number of amides is 1. The Kier molecular flexibility index (Phi) is 3.92. The van der Waals surface area contributed by atoms with Gasteiger partial charge in [0.15, 0.2) is 0 Å². The fourth-order valence-corrected chi connectivity index (χ4v) is 4.83. The minimum Gasteiger partial charge on any atom is -0.342 e. The first kappa shape index (κ1) is 14.0. The van der Waals surface area contributed by atoms with Gasteiger partial charge >= 0.3 is 0 Å². The molecule has 1 N–H and O–H groups in total. The fraction of sp³-hybridized carbons (Fsp3) is 0.941. The van der Waals surface area contributed by atoms with Crippen LogP contribution in [0, 0.1) is 11.8 Å². The van der Waals surface area contributed by atoms with E-state index in [1.807, 2.05) is 0 Å². The van der Waals surface area contributed by atoms with E-state index in [1.165, 1.54) is 38.6 Å². The maximum Gasteiger partial charge on any atom is 0.225 e. The number of rotatable bonds is 2. The molecule has 4 fully saturated rings. The van der Waals surface area contributed by atoms with Crippen molar-refractivity contribution in [2.45, 2.75) is 57.0 Å². The molecule has 3 saturated heterocycles. The highest BCUT2D eigenvalue weighted by Gasteiger charge is 2.43. The van der Waals surface area contributed by atoms with Gasteiger partial charge in [0.2, 0.25) is 5.91 Å². The Morgan fingerprint density at radius 1 is 0.952 bits per heavy atom. The van der Waals surface area contributed by atoms with E-state index in [-0.39, 0.29) is 0 Å². The lowest BCUT2D eigenvalue weighted by Gasteiger charge is -2.48. The lowest BCUT2D eigenvalue weighted by Crippen LogP contribution is -2.56. The van der Waals surface area contributed by atoms with E-state index in [1.54, 1.807) is 0 Å². The Morgan fingerprint density at radius 2 is 1.76 bits per heavy atom. The smallest absolute Gasteiger partial charge is 0.225 e. The van der Waals surface area contributed by atoms with E-state index in [2.05, 4.69) is 15.1 Å². The highest BCUT2D eigenvalue weighted by Crippen LogP contribution is 2.38. The maximum atomic E-state index is 12.7. The van der Waals surface area contributed by atoms with Gasteiger partial charge in [-0.2, -0.15) is 0 Å². The number of piperidine rings is 3. The third-order valence-electron chi connectivity index (χ3n) is 6.13. The zero-order chi connectivity index (χ0) is 14.2. The molecule has 0 bridgehead atoms. The Hall–Kier alpha value is -0.610. The molecular weight excluding hydrogens is 262 g/mol. The first-order chi connectivity index (χ1) is 10.3. The highest BCUT2D eigenvalue weighted by atomic mass is 16.2. The topological polar surface area (TPSA) is 35.6 Å². The number of carbonyl (C=O) groups is 1. The molecular formula is C17H29N3O. The monoisotopic (exact) mass is 291 g/mol. The molecule has 3 heterocycles. The van der Waals surface area contributed by atoms with Crippen molar-refractivity contribution in [2.75, 3.05) is 32.7 Å². The molecule has 2 atom stereocenters. The summed E-state index contributed by atoms with van der Waals surface area (Å²) in [4.78, 5) is 17.7. The summed E-state index contributed by atoms with van der Waals surface area (Å²) in [6.07, 6.45) is 8.81. The minimum atomic E-state index is 0.297. The van der Waals surface area contributed by atoms with Crippen LogP contribution in [0.1, 0.15) is 44.9 Å². The molecule has 0 radical (unpaired) electrons. The third-order valence-corrected chi connectivity index (χ3v) is 6.13. The van der Waals surface area contributed by atoms with Crippen LogP contribution >= 0.6 is 0 Å². The van der Waals surface area contributed by atoms with Crippen molar-refractivity contribution in [3.8, 4) is 0 Å². The molecule has 4 aliphatic rings. The molecule has 21 heavy (non-hydrogen) atoms. The van der Waals surface area contributed by atoms with Gasteiger partial charge < -0.3 is 10.2 Å². The van der Waals surface area contributed by atoms with Crippen molar-refractivity contribution < 1.29 is 4.79 Å². The van der Waals surface area contributed by atoms with Gasteiger partial charge in [-0.15, -0.1) is 0 Å². The predicted molar refractivity (Wildman–Crippen MR) is 83.0 cm³/mol. The van der Waals surface area contributed by atoms with Crippen LogP contribution in [0.4, 0.5) is 0 Å². The third kappa shape index (κ3) is 2.85. The summed E-state index contributed by atoms with van der Waals surface area (Å²) in [5, 5.41) is 3.37. The molecule has 1 saturated carbocycles. The predicted octanol–water partition coefficient (Wildman–Crippen LogP) is 1.46. The van der Waals surface area contributed by atoms with Crippen LogP contribution in [0.15, 0.2) is 0 Å². The quantitative estimate of drug-likeness (QED) is 0.837.